The van der Waals surface area contributed by atoms with Crippen LogP contribution in [0.15, 0.2) is 24.3 Å². The Morgan fingerprint density at radius 1 is 1.20 bits per heavy atom. The number of hydrogen-bond donors (Lipinski definition) is 0. The third kappa shape index (κ3) is 3.92. The summed E-state index contributed by atoms with van der Waals surface area (Å²) in [4.78, 5) is 24.3. The average molecular weight is 273 g/mol. The highest BCUT2D eigenvalue weighted by Gasteiger charge is 2.15. The number of nitrogens with zero attached hydrogens (tertiary/aromatic N) is 1. The molecule has 0 radical (unpaired) electrons. The SMILES string of the molecule is CN(C=O)c1ccc(C(=O)CCC2CCCCC2)cc1. The number of carbonyl (C=O) groups is 2. The van der Waals surface area contributed by atoms with E-state index in [0.717, 1.165) is 30.0 Å². The van der Waals surface area contributed by atoms with Crippen LogP contribution >= 0.6 is 0 Å². The van der Waals surface area contributed by atoms with Gasteiger partial charge in [0.05, 0.1) is 0 Å². The van der Waals surface area contributed by atoms with Gasteiger partial charge in [0, 0.05) is 24.7 Å². The Morgan fingerprint density at radius 3 is 2.45 bits per heavy atom. The van der Waals surface area contributed by atoms with Gasteiger partial charge in [0.2, 0.25) is 6.41 Å². The Kier molecular flexibility index (Phi) is 5.33. The number of rotatable bonds is 6. The van der Waals surface area contributed by atoms with Crippen molar-refractivity contribution in [3.05, 3.63) is 29.8 Å². The second-order valence-corrected chi connectivity index (χ2v) is 5.73. The summed E-state index contributed by atoms with van der Waals surface area (Å²) < 4.78 is 0. The molecule has 1 saturated carbocycles. The standard InChI is InChI=1S/C17H23NO2/c1-18(13-19)16-10-8-15(9-11-16)17(20)12-7-14-5-3-2-4-6-14/h8-11,13-14H,2-7,12H2,1H3. The van der Waals surface area contributed by atoms with Gasteiger partial charge in [-0.2, -0.15) is 0 Å². The Bertz CT molecular complexity index is 447. The lowest BCUT2D eigenvalue weighted by Gasteiger charge is -2.20. The van der Waals surface area contributed by atoms with E-state index in [-0.39, 0.29) is 5.78 Å². The van der Waals surface area contributed by atoms with Crippen LogP contribution in [-0.2, 0) is 4.79 Å². The van der Waals surface area contributed by atoms with Gasteiger partial charge in [-0.25, -0.2) is 0 Å². The van der Waals surface area contributed by atoms with Gasteiger partial charge in [-0.05, 0) is 36.6 Å². The average Bonchev–Trinajstić information content (AvgIpc) is 2.53. The molecule has 1 aliphatic carbocycles. The van der Waals surface area contributed by atoms with Crippen molar-refractivity contribution >= 4 is 17.9 Å². The molecule has 1 aromatic rings. The van der Waals surface area contributed by atoms with E-state index in [4.69, 9.17) is 0 Å². The first-order valence-corrected chi connectivity index (χ1v) is 7.52. The molecule has 20 heavy (non-hydrogen) atoms. The monoisotopic (exact) mass is 273 g/mol. The van der Waals surface area contributed by atoms with Crippen molar-refractivity contribution < 1.29 is 9.59 Å². The molecule has 3 heteroatoms. The first kappa shape index (κ1) is 14.8. The van der Waals surface area contributed by atoms with Crippen molar-refractivity contribution in [2.75, 3.05) is 11.9 Å². The van der Waals surface area contributed by atoms with E-state index < -0.39 is 0 Å². The molecule has 0 spiro atoms. The maximum absolute atomic E-state index is 12.2. The van der Waals surface area contributed by atoms with Gasteiger partial charge in [-0.1, -0.05) is 32.1 Å². The first-order valence-electron chi connectivity index (χ1n) is 7.52. The predicted molar refractivity (Wildman–Crippen MR) is 81.0 cm³/mol. The Labute approximate surface area is 121 Å². The minimum Gasteiger partial charge on any atom is -0.318 e. The zero-order valence-electron chi connectivity index (χ0n) is 12.2. The van der Waals surface area contributed by atoms with Crippen LogP contribution in [0.25, 0.3) is 0 Å². The zero-order valence-corrected chi connectivity index (χ0v) is 12.2. The summed E-state index contributed by atoms with van der Waals surface area (Å²) >= 11 is 0. The van der Waals surface area contributed by atoms with Crippen molar-refractivity contribution in [2.24, 2.45) is 5.92 Å². The van der Waals surface area contributed by atoms with Crippen molar-refractivity contribution in [2.45, 2.75) is 44.9 Å². The molecular formula is C17H23NO2. The van der Waals surface area contributed by atoms with Gasteiger partial charge in [-0.3, -0.25) is 9.59 Å². The van der Waals surface area contributed by atoms with E-state index in [1.807, 2.05) is 24.3 Å². The number of Topliss-reactive ketones (excluding diaryl/α,β-unsaturated/α-hetero) is 1. The van der Waals surface area contributed by atoms with Gasteiger partial charge >= 0.3 is 0 Å². The zero-order chi connectivity index (χ0) is 14.4. The fraction of sp³-hybridized carbons (Fsp3) is 0.529. The minimum atomic E-state index is 0.218. The Balaban J connectivity index is 1.87. The van der Waals surface area contributed by atoms with Crippen molar-refractivity contribution in [3.8, 4) is 0 Å². The summed E-state index contributed by atoms with van der Waals surface area (Å²) in [7, 11) is 1.70. The molecule has 0 unspecified atom stereocenters. The van der Waals surface area contributed by atoms with Crippen molar-refractivity contribution in [1.82, 2.24) is 0 Å². The van der Waals surface area contributed by atoms with E-state index >= 15 is 0 Å². The van der Waals surface area contributed by atoms with Crippen LogP contribution in [0, 0.1) is 5.92 Å². The molecule has 0 heterocycles. The molecule has 0 N–H and O–H groups in total. The minimum absolute atomic E-state index is 0.218. The van der Waals surface area contributed by atoms with Gasteiger partial charge < -0.3 is 4.90 Å². The molecule has 0 aromatic heterocycles. The molecule has 0 aliphatic heterocycles. The molecule has 3 nitrogen and oxygen atoms in total. The lowest BCUT2D eigenvalue weighted by molar-refractivity contribution is -0.107. The number of benzene rings is 1. The van der Waals surface area contributed by atoms with Gasteiger partial charge in [-0.15, -0.1) is 0 Å². The number of carbonyl (C=O) groups excluding carboxylic acids is 2. The molecule has 2 rings (SSSR count). The summed E-state index contributed by atoms with van der Waals surface area (Å²) in [5.41, 5.74) is 1.56. The van der Waals surface area contributed by atoms with Crippen molar-refractivity contribution in [3.63, 3.8) is 0 Å². The van der Waals surface area contributed by atoms with Crippen LogP contribution in [-0.4, -0.2) is 19.2 Å². The quantitative estimate of drug-likeness (QED) is 0.583. The van der Waals surface area contributed by atoms with Crippen LogP contribution < -0.4 is 4.90 Å². The van der Waals surface area contributed by atoms with Gasteiger partial charge in [0.25, 0.3) is 0 Å². The second kappa shape index (κ2) is 7.22. The maximum atomic E-state index is 12.2. The summed E-state index contributed by atoms with van der Waals surface area (Å²) in [6.45, 7) is 0. The number of hydrogen-bond acceptors (Lipinski definition) is 2. The third-order valence-electron chi connectivity index (χ3n) is 4.26. The van der Waals surface area contributed by atoms with Crippen LogP contribution in [0.2, 0.25) is 0 Å². The largest absolute Gasteiger partial charge is 0.318 e. The van der Waals surface area contributed by atoms with E-state index in [2.05, 4.69) is 0 Å². The molecule has 1 aromatic carbocycles. The van der Waals surface area contributed by atoms with Crippen LogP contribution in [0.4, 0.5) is 5.69 Å². The summed E-state index contributed by atoms with van der Waals surface area (Å²) in [5.74, 6) is 0.962. The van der Waals surface area contributed by atoms with Crippen molar-refractivity contribution in [1.29, 1.82) is 0 Å². The maximum Gasteiger partial charge on any atom is 0.213 e. The Morgan fingerprint density at radius 2 is 1.85 bits per heavy atom. The molecule has 1 aliphatic rings. The summed E-state index contributed by atoms with van der Waals surface area (Å²) in [5, 5.41) is 0. The third-order valence-corrected chi connectivity index (χ3v) is 4.26. The molecule has 1 fully saturated rings. The molecule has 0 atom stereocenters. The first-order chi connectivity index (χ1) is 9.70. The summed E-state index contributed by atoms with van der Waals surface area (Å²) in [6.07, 6.45) is 9.02. The van der Waals surface area contributed by atoms with E-state index in [0.29, 0.717) is 6.42 Å². The van der Waals surface area contributed by atoms with E-state index in [1.165, 1.54) is 37.0 Å². The highest BCUT2D eigenvalue weighted by molar-refractivity contribution is 5.96. The van der Waals surface area contributed by atoms with E-state index in [1.54, 1.807) is 7.05 Å². The van der Waals surface area contributed by atoms with Gasteiger partial charge in [0.1, 0.15) is 0 Å². The molecule has 108 valence electrons. The van der Waals surface area contributed by atoms with Crippen LogP contribution in [0.1, 0.15) is 55.3 Å². The number of ketones is 1. The molecule has 0 bridgehead atoms. The topological polar surface area (TPSA) is 37.4 Å². The highest BCUT2D eigenvalue weighted by atomic mass is 16.1. The Hall–Kier alpha value is -1.64. The smallest absolute Gasteiger partial charge is 0.213 e. The van der Waals surface area contributed by atoms with E-state index in [9.17, 15) is 9.59 Å². The fourth-order valence-corrected chi connectivity index (χ4v) is 2.90. The summed E-state index contributed by atoms with van der Waals surface area (Å²) in [6, 6.07) is 7.28. The predicted octanol–water partition coefficient (Wildman–Crippen LogP) is 3.82. The molecule has 0 saturated heterocycles. The fourth-order valence-electron chi connectivity index (χ4n) is 2.90. The van der Waals surface area contributed by atoms with Crippen LogP contribution in [0.3, 0.4) is 0 Å². The highest BCUT2D eigenvalue weighted by Crippen LogP contribution is 2.27. The lowest BCUT2D eigenvalue weighted by Crippen LogP contribution is -2.13. The molecular weight excluding hydrogens is 250 g/mol. The number of anilines is 1. The lowest BCUT2D eigenvalue weighted by atomic mass is 9.85. The normalized spacial score (nSPS) is 15.8. The van der Waals surface area contributed by atoms with Gasteiger partial charge in [0.15, 0.2) is 5.78 Å². The second-order valence-electron chi connectivity index (χ2n) is 5.73. The molecule has 1 amide bonds. The van der Waals surface area contributed by atoms with Crippen LogP contribution in [0.5, 0.6) is 0 Å². The number of amides is 1.